The minimum Gasteiger partial charge on any atom is -0.346 e. The number of nitrogens with zero attached hydrogens (tertiary/aromatic N) is 1. The highest BCUT2D eigenvalue weighted by Crippen LogP contribution is 2.48. The van der Waals surface area contributed by atoms with Gasteiger partial charge in [-0.25, -0.2) is 16.8 Å². The molecule has 0 saturated carbocycles. The van der Waals surface area contributed by atoms with Crippen LogP contribution in [0.15, 0.2) is 0 Å². The molecule has 0 N–H and O–H groups in total. The molecule has 9 heteroatoms. The predicted octanol–water partition coefficient (Wildman–Crippen LogP) is 0.0629. The van der Waals surface area contributed by atoms with Crippen LogP contribution in [0.4, 0.5) is 0 Å². The summed E-state index contributed by atoms with van der Waals surface area (Å²) in [4.78, 5) is 1.91. The molecule has 0 radical (unpaired) electrons. The van der Waals surface area contributed by atoms with Crippen molar-refractivity contribution in [2.45, 2.75) is 30.2 Å². The first-order chi connectivity index (χ1) is 8.63. The van der Waals surface area contributed by atoms with Crippen molar-refractivity contribution in [3.63, 3.8) is 0 Å². The van der Waals surface area contributed by atoms with E-state index in [-0.39, 0.29) is 34.3 Å². The highest BCUT2D eigenvalue weighted by Gasteiger charge is 2.59. The van der Waals surface area contributed by atoms with Gasteiger partial charge in [-0.15, -0.1) is 0 Å². The second-order valence-corrected chi connectivity index (χ2v) is 11.9. The lowest BCUT2D eigenvalue weighted by Crippen LogP contribution is -2.54. The number of thioether (sulfide) groups is 1. The van der Waals surface area contributed by atoms with E-state index >= 15 is 0 Å². The van der Waals surface area contributed by atoms with Crippen LogP contribution < -0.4 is 0 Å². The number of fused-ring (bicyclic) bond motifs is 1. The number of hydrogen-bond donors (Lipinski definition) is 0. The lowest BCUT2D eigenvalue weighted by atomic mass is 9.97. The fourth-order valence-corrected chi connectivity index (χ4v) is 10.1. The van der Waals surface area contributed by atoms with Crippen LogP contribution in [-0.4, -0.2) is 65.9 Å². The number of sulfone groups is 2. The van der Waals surface area contributed by atoms with Gasteiger partial charge in [-0.1, -0.05) is 24.0 Å². The SMILES string of the molecule is CC12CS(=O)(=O)CC1SC(=S)N2C1CCS(=O)(=O)C1. The van der Waals surface area contributed by atoms with Crippen LogP contribution >= 0.6 is 24.0 Å². The molecule has 0 aromatic carbocycles. The zero-order valence-corrected chi connectivity index (χ0v) is 13.7. The Morgan fingerprint density at radius 3 is 2.53 bits per heavy atom. The Labute approximate surface area is 122 Å². The van der Waals surface area contributed by atoms with Crippen LogP contribution in [0.2, 0.25) is 0 Å². The predicted molar refractivity (Wildman–Crippen MR) is 79.9 cm³/mol. The maximum absolute atomic E-state index is 11.8. The van der Waals surface area contributed by atoms with Gasteiger partial charge in [0, 0.05) is 11.3 Å². The third-order valence-electron chi connectivity index (χ3n) is 4.17. The average Bonchev–Trinajstić information content (AvgIpc) is 2.72. The van der Waals surface area contributed by atoms with E-state index in [1.54, 1.807) is 0 Å². The summed E-state index contributed by atoms with van der Waals surface area (Å²) in [5, 5.41) is -0.0618. The third kappa shape index (κ3) is 2.22. The molecule has 3 heterocycles. The first kappa shape index (κ1) is 14.1. The molecule has 0 bridgehead atoms. The van der Waals surface area contributed by atoms with Crippen molar-refractivity contribution < 1.29 is 16.8 Å². The van der Waals surface area contributed by atoms with E-state index in [1.807, 2.05) is 11.8 Å². The monoisotopic (exact) mass is 341 g/mol. The van der Waals surface area contributed by atoms with Crippen molar-refractivity contribution in [2.24, 2.45) is 0 Å². The molecule has 5 nitrogen and oxygen atoms in total. The molecule has 0 aliphatic carbocycles. The second-order valence-electron chi connectivity index (χ2n) is 5.71. The zero-order valence-electron chi connectivity index (χ0n) is 10.4. The summed E-state index contributed by atoms with van der Waals surface area (Å²) < 4.78 is 47.6. The molecule has 108 valence electrons. The van der Waals surface area contributed by atoms with Gasteiger partial charge >= 0.3 is 0 Å². The van der Waals surface area contributed by atoms with E-state index in [9.17, 15) is 16.8 Å². The highest BCUT2D eigenvalue weighted by atomic mass is 32.2. The van der Waals surface area contributed by atoms with Gasteiger partial charge in [-0.2, -0.15) is 0 Å². The highest BCUT2D eigenvalue weighted by molar-refractivity contribution is 8.24. The molecule has 3 unspecified atom stereocenters. The van der Waals surface area contributed by atoms with E-state index in [0.717, 1.165) is 0 Å². The standard InChI is InChI=1S/C10H15NO4S4/c1-10-6-19(14,15)5-8(10)17-9(16)11(10)7-2-3-18(12,13)4-7/h7-8H,2-6H2,1H3. The van der Waals surface area contributed by atoms with Crippen molar-refractivity contribution in [2.75, 3.05) is 23.0 Å². The van der Waals surface area contributed by atoms with Gasteiger partial charge in [0.25, 0.3) is 0 Å². The Bertz CT molecular complexity index is 640. The van der Waals surface area contributed by atoms with Crippen LogP contribution in [0.25, 0.3) is 0 Å². The lowest BCUT2D eigenvalue weighted by molar-refractivity contribution is 0.197. The summed E-state index contributed by atoms with van der Waals surface area (Å²) in [7, 11) is -6.05. The molecule has 3 atom stereocenters. The molecule has 0 amide bonds. The maximum atomic E-state index is 11.8. The fraction of sp³-hybridized carbons (Fsp3) is 0.900. The van der Waals surface area contributed by atoms with Crippen LogP contribution in [-0.2, 0) is 19.7 Å². The third-order valence-corrected chi connectivity index (χ3v) is 9.84. The fourth-order valence-electron chi connectivity index (χ4n) is 3.33. The van der Waals surface area contributed by atoms with Gasteiger partial charge in [0.1, 0.15) is 4.32 Å². The molecule has 3 fully saturated rings. The van der Waals surface area contributed by atoms with Gasteiger partial charge in [-0.3, -0.25) is 0 Å². The minimum absolute atomic E-state index is 0.0618. The normalized spacial score (nSPS) is 43.6. The maximum Gasteiger partial charge on any atom is 0.153 e. The number of thiocarbonyl (C=S) groups is 1. The first-order valence-electron chi connectivity index (χ1n) is 6.04. The molecular formula is C10H15NO4S4. The van der Waals surface area contributed by atoms with Gasteiger partial charge < -0.3 is 4.90 Å². The Balaban J connectivity index is 1.95. The van der Waals surface area contributed by atoms with Crippen molar-refractivity contribution in [1.29, 1.82) is 0 Å². The van der Waals surface area contributed by atoms with Gasteiger partial charge in [-0.05, 0) is 13.3 Å². The van der Waals surface area contributed by atoms with Crippen molar-refractivity contribution in [3.05, 3.63) is 0 Å². The van der Waals surface area contributed by atoms with E-state index in [2.05, 4.69) is 0 Å². The first-order valence-corrected chi connectivity index (χ1v) is 11.0. The molecule has 0 aromatic heterocycles. The topological polar surface area (TPSA) is 71.5 Å². The molecular weight excluding hydrogens is 326 g/mol. The summed E-state index contributed by atoms with van der Waals surface area (Å²) in [5.41, 5.74) is -0.537. The van der Waals surface area contributed by atoms with Crippen LogP contribution in [0.3, 0.4) is 0 Å². The molecule has 3 aliphatic rings. The largest absolute Gasteiger partial charge is 0.346 e. The van der Waals surface area contributed by atoms with Gasteiger partial charge in [0.2, 0.25) is 0 Å². The molecule has 0 spiro atoms. The number of hydrogen-bond acceptors (Lipinski definition) is 6. The second kappa shape index (κ2) is 4.08. The van der Waals surface area contributed by atoms with Crippen LogP contribution in [0.5, 0.6) is 0 Å². The molecule has 3 saturated heterocycles. The van der Waals surface area contributed by atoms with Gasteiger partial charge in [0.05, 0.1) is 28.6 Å². The Morgan fingerprint density at radius 2 is 1.95 bits per heavy atom. The van der Waals surface area contributed by atoms with Crippen LogP contribution in [0, 0.1) is 0 Å². The van der Waals surface area contributed by atoms with E-state index in [4.69, 9.17) is 12.2 Å². The average molecular weight is 342 g/mol. The Kier molecular flexibility index (Phi) is 3.03. The van der Waals surface area contributed by atoms with Crippen molar-refractivity contribution >= 4 is 48.0 Å². The van der Waals surface area contributed by atoms with E-state index in [0.29, 0.717) is 10.7 Å². The summed E-state index contributed by atoms with van der Waals surface area (Å²) in [6.07, 6.45) is 0.547. The quantitative estimate of drug-likeness (QED) is 0.625. The molecule has 0 aromatic rings. The summed E-state index contributed by atoms with van der Waals surface area (Å²) in [6, 6.07) is -0.159. The smallest absolute Gasteiger partial charge is 0.153 e. The summed E-state index contributed by atoms with van der Waals surface area (Å²) in [5.74, 6) is 0.490. The molecule has 3 rings (SSSR count). The van der Waals surface area contributed by atoms with Crippen molar-refractivity contribution in [1.82, 2.24) is 4.90 Å². The molecule has 19 heavy (non-hydrogen) atoms. The summed E-state index contributed by atoms with van der Waals surface area (Å²) in [6.45, 7) is 1.90. The Morgan fingerprint density at radius 1 is 1.26 bits per heavy atom. The Hall–Kier alpha value is 0.140. The lowest BCUT2D eigenvalue weighted by Gasteiger charge is -2.38. The van der Waals surface area contributed by atoms with Gasteiger partial charge in [0.15, 0.2) is 19.7 Å². The minimum atomic E-state index is -3.05. The van der Waals surface area contributed by atoms with Crippen LogP contribution in [0.1, 0.15) is 13.3 Å². The van der Waals surface area contributed by atoms with E-state index < -0.39 is 25.2 Å². The number of rotatable bonds is 1. The zero-order chi connectivity index (χ0) is 14.1. The molecule has 3 aliphatic heterocycles. The summed E-state index contributed by atoms with van der Waals surface area (Å²) >= 11 is 6.77. The van der Waals surface area contributed by atoms with E-state index in [1.165, 1.54) is 11.8 Å². The van der Waals surface area contributed by atoms with Crippen molar-refractivity contribution in [3.8, 4) is 0 Å².